The zero-order valence-corrected chi connectivity index (χ0v) is 18.4. The number of hydrogen-bond acceptors (Lipinski definition) is 5. The van der Waals surface area contributed by atoms with Crippen molar-refractivity contribution < 1.29 is 0 Å². The van der Waals surface area contributed by atoms with Crippen molar-refractivity contribution in [3.05, 3.63) is 69.6 Å². The largest absolute Gasteiger partial charge is 0.341 e. The number of halogens is 1. The first-order valence-electron chi connectivity index (χ1n) is 10.4. The summed E-state index contributed by atoms with van der Waals surface area (Å²) in [5, 5.41) is 16.7. The Kier molecular flexibility index (Phi) is 4.13. The lowest BCUT2D eigenvalue weighted by atomic mass is 10.1. The molecule has 8 nitrogen and oxygen atoms in total. The molecule has 0 radical (unpaired) electrons. The molecule has 0 bridgehead atoms. The number of rotatable bonds is 2. The Morgan fingerprint density at radius 1 is 0.938 bits per heavy atom. The molecule has 1 aliphatic heterocycles. The highest BCUT2D eigenvalue weighted by molar-refractivity contribution is 6.35. The number of fused-ring (bicyclic) bond motifs is 4. The van der Waals surface area contributed by atoms with Gasteiger partial charge in [-0.1, -0.05) is 35.9 Å². The van der Waals surface area contributed by atoms with Gasteiger partial charge in [-0.2, -0.15) is 5.10 Å². The van der Waals surface area contributed by atoms with E-state index >= 15 is 0 Å². The molecule has 0 aliphatic carbocycles. The number of aryl methyl sites for hydroxylation is 1. The van der Waals surface area contributed by atoms with Crippen molar-refractivity contribution in [2.45, 2.75) is 13.1 Å². The van der Waals surface area contributed by atoms with Crippen LogP contribution in [0, 0.1) is 0 Å². The zero-order chi connectivity index (χ0) is 22.0. The van der Waals surface area contributed by atoms with Gasteiger partial charge in [0.05, 0.1) is 11.9 Å². The SMILES string of the molecule is Cn1c(-c2nn(C)c(=O)c3ccccc23)nnc1N1CCn2c(cc3c(Cl)cccc32)C1. The molecule has 3 aromatic heterocycles. The predicted molar refractivity (Wildman–Crippen MR) is 125 cm³/mol. The Balaban J connectivity index is 1.43. The molecular weight excluding hydrogens is 426 g/mol. The molecule has 4 heterocycles. The Labute approximate surface area is 188 Å². The molecule has 0 fully saturated rings. The van der Waals surface area contributed by atoms with Crippen LogP contribution < -0.4 is 10.5 Å². The van der Waals surface area contributed by atoms with Crippen LogP contribution >= 0.6 is 11.6 Å². The molecule has 0 unspecified atom stereocenters. The maximum Gasteiger partial charge on any atom is 0.274 e. The van der Waals surface area contributed by atoms with Gasteiger partial charge < -0.3 is 9.47 Å². The zero-order valence-electron chi connectivity index (χ0n) is 17.7. The maximum atomic E-state index is 12.5. The topological polar surface area (TPSA) is 73.8 Å². The molecular formula is C23H20ClN7O. The highest BCUT2D eigenvalue weighted by Gasteiger charge is 2.25. The normalized spacial score (nSPS) is 13.8. The summed E-state index contributed by atoms with van der Waals surface area (Å²) in [4.78, 5) is 14.7. The van der Waals surface area contributed by atoms with Gasteiger partial charge in [0.25, 0.3) is 5.56 Å². The third kappa shape index (κ3) is 2.69. The number of benzene rings is 2. The minimum atomic E-state index is -0.130. The number of hydrogen-bond donors (Lipinski definition) is 0. The van der Waals surface area contributed by atoms with Crippen LogP contribution in [-0.2, 0) is 27.2 Å². The van der Waals surface area contributed by atoms with Gasteiger partial charge in [-0.05, 0) is 24.3 Å². The first-order chi connectivity index (χ1) is 15.5. The third-order valence-electron chi connectivity index (χ3n) is 6.23. The fourth-order valence-electron chi connectivity index (χ4n) is 4.63. The van der Waals surface area contributed by atoms with Crippen LogP contribution in [-0.4, -0.2) is 35.7 Å². The standard InChI is InChI=1S/C23H20ClN7O/c1-28-21(20-15-6-3-4-7-16(15)22(32)29(2)27-20)25-26-23(28)30-10-11-31-14(13-30)12-17-18(24)8-5-9-19(17)31/h3-9,12H,10-11,13H2,1-2H3. The molecule has 5 aromatic rings. The Hall–Kier alpha value is -3.65. The van der Waals surface area contributed by atoms with Crippen LogP contribution in [0.3, 0.4) is 0 Å². The maximum absolute atomic E-state index is 12.5. The fourth-order valence-corrected chi connectivity index (χ4v) is 4.86. The van der Waals surface area contributed by atoms with E-state index in [1.807, 2.05) is 48.0 Å². The number of anilines is 1. The third-order valence-corrected chi connectivity index (χ3v) is 6.56. The molecule has 0 atom stereocenters. The molecule has 160 valence electrons. The average molecular weight is 446 g/mol. The Bertz CT molecular complexity index is 1580. The minimum absolute atomic E-state index is 0.130. The molecule has 0 N–H and O–H groups in total. The van der Waals surface area contributed by atoms with Gasteiger partial charge in [-0.15, -0.1) is 10.2 Å². The second-order valence-electron chi connectivity index (χ2n) is 8.09. The first-order valence-corrected chi connectivity index (χ1v) is 10.8. The molecule has 32 heavy (non-hydrogen) atoms. The van der Waals surface area contributed by atoms with E-state index in [-0.39, 0.29) is 5.56 Å². The highest BCUT2D eigenvalue weighted by Crippen LogP contribution is 2.31. The molecule has 0 amide bonds. The van der Waals surface area contributed by atoms with Gasteiger partial charge in [0.2, 0.25) is 5.95 Å². The van der Waals surface area contributed by atoms with E-state index in [9.17, 15) is 4.79 Å². The average Bonchev–Trinajstić information content (AvgIpc) is 3.37. The van der Waals surface area contributed by atoms with Crippen LogP contribution in [0.5, 0.6) is 0 Å². The molecule has 0 spiro atoms. The van der Waals surface area contributed by atoms with Crippen LogP contribution in [0.1, 0.15) is 5.69 Å². The fraction of sp³-hybridized carbons (Fsp3) is 0.217. The molecule has 0 saturated heterocycles. The van der Waals surface area contributed by atoms with Gasteiger partial charge in [0.1, 0.15) is 5.69 Å². The van der Waals surface area contributed by atoms with E-state index in [1.165, 1.54) is 10.4 Å². The van der Waals surface area contributed by atoms with Crippen LogP contribution in [0.4, 0.5) is 5.95 Å². The lowest BCUT2D eigenvalue weighted by molar-refractivity contribution is 0.569. The van der Waals surface area contributed by atoms with Gasteiger partial charge in [-0.3, -0.25) is 9.36 Å². The van der Waals surface area contributed by atoms with Crippen molar-refractivity contribution in [1.82, 2.24) is 29.1 Å². The quantitative estimate of drug-likeness (QED) is 0.416. The lowest BCUT2D eigenvalue weighted by Gasteiger charge is -2.29. The molecule has 6 rings (SSSR count). The number of nitrogens with zero attached hydrogens (tertiary/aromatic N) is 7. The van der Waals surface area contributed by atoms with Crippen LogP contribution in [0.2, 0.25) is 5.02 Å². The lowest BCUT2D eigenvalue weighted by Crippen LogP contribution is -2.35. The van der Waals surface area contributed by atoms with Gasteiger partial charge in [-0.25, -0.2) is 4.68 Å². The van der Waals surface area contributed by atoms with Crippen LogP contribution in [0.25, 0.3) is 33.2 Å². The predicted octanol–water partition coefficient (Wildman–Crippen LogP) is 3.36. The Morgan fingerprint density at radius 3 is 2.59 bits per heavy atom. The first kappa shape index (κ1) is 19.1. The van der Waals surface area contributed by atoms with Crippen molar-refractivity contribution in [3.63, 3.8) is 0 Å². The van der Waals surface area contributed by atoms with E-state index in [4.69, 9.17) is 11.6 Å². The summed E-state index contributed by atoms with van der Waals surface area (Å²) in [5.41, 5.74) is 2.86. The summed E-state index contributed by atoms with van der Waals surface area (Å²) in [5.74, 6) is 1.39. The summed E-state index contributed by atoms with van der Waals surface area (Å²) < 4.78 is 5.62. The van der Waals surface area contributed by atoms with E-state index in [1.54, 1.807) is 7.05 Å². The van der Waals surface area contributed by atoms with Crippen molar-refractivity contribution >= 4 is 39.2 Å². The van der Waals surface area contributed by atoms with Crippen molar-refractivity contribution in [3.8, 4) is 11.5 Å². The Morgan fingerprint density at radius 2 is 1.75 bits per heavy atom. The summed E-state index contributed by atoms with van der Waals surface area (Å²) in [6.45, 7) is 2.34. The van der Waals surface area contributed by atoms with Crippen molar-refractivity contribution in [1.29, 1.82) is 0 Å². The summed E-state index contributed by atoms with van der Waals surface area (Å²) in [6, 6.07) is 15.6. The van der Waals surface area contributed by atoms with E-state index < -0.39 is 0 Å². The monoisotopic (exact) mass is 445 g/mol. The van der Waals surface area contributed by atoms with Gasteiger partial charge in [0, 0.05) is 54.2 Å². The summed E-state index contributed by atoms with van der Waals surface area (Å²) in [6.07, 6.45) is 0. The number of aromatic nitrogens is 6. The van der Waals surface area contributed by atoms with Crippen molar-refractivity contribution in [2.75, 3.05) is 11.4 Å². The van der Waals surface area contributed by atoms with Crippen molar-refractivity contribution in [2.24, 2.45) is 14.1 Å². The molecule has 2 aromatic carbocycles. The van der Waals surface area contributed by atoms with E-state index in [2.05, 4.69) is 36.9 Å². The van der Waals surface area contributed by atoms with E-state index in [0.29, 0.717) is 23.4 Å². The molecule has 1 aliphatic rings. The van der Waals surface area contributed by atoms with E-state index in [0.717, 1.165) is 40.3 Å². The molecule has 0 saturated carbocycles. The second kappa shape index (κ2) is 6.93. The smallest absolute Gasteiger partial charge is 0.274 e. The molecule has 9 heteroatoms. The van der Waals surface area contributed by atoms with Gasteiger partial charge >= 0.3 is 0 Å². The summed E-state index contributed by atoms with van der Waals surface area (Å²) >= 11 is 6.41. The minimum Gasteiger partial charge on any atom is -0.341 e. The summed E-state index contributed by atoms with van der Waals surface area (Å²) in [7, 11) is 3.59. The van der Waals surface area contributed by atoms with Crippen LogP contribution in [0.15, 0.2) is 53.3 Å². The van der Waals surface area contributed by atoms with Gasteiger partial charge in [0.15, 0.2) is 5.82 Å². The second-order valence-corrected chi connectivity index (χ2v) is 8.49. The highest BCUT2D eigenvalue weighted by atomic mass is 35.5.